The number of amides is 2. The maximum absolute atomic E-state index is 12.8. The van der Waals surface area contributed by atoms with Gasteiger partial charge in [0.1, 0.15) is 6.54 Å². The summed E-state index contributed by atoms with van der Waals surface area (Å²) < 4.78 is 38.3. The molecule has 0 radical (unpaired) electrons. The Morgan fingerprint density at radius 2 is 2.00 bits per heavy atom. The summed E-state index contributed by atoms with van der Waals surface area (Å²) in [6.07, 6.45) is -1.43. The van der Waals surface area contributed by atoms with Crippen LogP contribution >= 0.6 is 11.6 Å². The van der Waals surface area contributed by atoms with E-state index in [4.69, 9.17) is 11.6 Å². The molecule has 2 amide bonds. The van der Waals surface area contributed by atoms with Crippen molar-refractivity contribution in [3.63, 3.8) is 0 Å². The highest BCUT2D eigenvalue weighted by molar-refractivity contribution is 6.33. The minimum atomic E-state index is -4.56. The van der Waals surface area contributed by atoms with E-state index in [1.54, 1.807) is 24.5 Å². The lowest BCUT2D eigenvalue weighted by atomic mass is 10.2. The van der Waals surface area contributed by atoms with Crippen LogP contribution in [-0.4, -0.2) is 28.2 Å². The predicted octanol–water partition coefficient (Wildman–Crippen LogP) is 3.74. The second kappa shape index (κ2) is 8.18. The van der Waals surface area contributed by atoms with Gasteiger partial charge >= 0.3 is 6.18 Å². The van der Waals surface area contributed by atoms with Crippen LogP contribution < -0.4 is 5.32 Å². The van der Waals surface area contributed by atoms with Gasteiger partial charge in [-0.05, 0) is 29.8 Å². The second-order valence-corrected chi connectivity index (χ2v) is 5.88. The lowest BCUT2D eigenvalue weighted by Gasteiger charge is -2.21. The Hall–Kier alpha value is -2.61. The summed E-state index contributed by atoms with van der Waals surface area (Å²) in [5.41, 5.74) is -0.389. The van der Waals surface area contributed by atoms with Gasteiger partial charge in [0.25, 0.3) is 0 Å². The van der Waals surface area contributed by atoms with E-state index in [1.165, 1.54) is 11.8 Å². The highest BCUT2D eigenvalue weighted by Gasteiger charge is 2.31. The summed E-state index contributed by atoms with van der Waals surface area (Å²) in [6.45, 7) is 1.10. The summed E-state index contributed by atoms with van der Waals surface area (Å²) in [4.78, 5) is 29.1. The Morgan fingerprint density at radius 1 is 1.27 bits per heavy atom. The minimum absolute atomic E-state index is 0.0343. The van der Waals surface area contributed by atoms with Gasteiger partial charge in [-0.15, -0.1) is 0 Å². The van der Waals surface area contributed by atoms with Crippen molar-refractivity contribution in [1.82, 2.24) is 9.88 Å². The molecule has 26 heavy (non-hydrogen) atoms. The van der Waals surface area contributed by atoms with Gasteiger partial charge in [0.15, 0.2) is 0 Å². The van der Waals surface area contributed by atoms with E-state index in [2.05, 4.69) is 10.3 Å². The fraction of sp³-hybridized carbons (Fsp3) is 0.235. The topological polar surface area (TPSA) is 62.3 Å². The fourth-order valence-corrected chi connectivity index (χ4v) is 2.32. The summed E-state index contributed by atoms with van der Waals surface area (Å²) in [5, 5.41) is 2.28. The van der Waals surface area contributed by atoms with E-state index in [0.717, 1.165) is 18.2 Å². The standard InChI is InChI=1S/C17H15ClF3N3O2/c1-11(25)24(9-12-3-2-6-22-8-12)10-16(26)23-15-7-13(17(19,20)21)4-5-14(15)18/h2-8H,9-10H2,1H3,(H,23,26). The van der Waals surface area contributed by atoms with Crippen LogP contribution in [0.5, 0.6) is 0 Å². The molecule has 1 N–H and O–H groups in total. The molecule has 0 saturated heterocycles. The van der Waals surface area contributed by atoms with Gasteiger partial charge in [-0.25, -0.2) is 0 Å². The molecule has 0 bridgehead atoms. The molecule has 1 heterocycles. The first-order valence-electron chi connectivity index (χ1n) is 7.48. The maximum Gasteiger partial charge on any atom is 0.416 e. The molecule has 0 saturated carbocycles. The van der Waals surface area contributed by atoms with Crippen molar-refractivity contribution in [2.24, 2.45) is 0 Å². The Balaban J connectivity index is 2.10. The molecule has 0 atom stereocenters. The number of rotatable bonds is 5. The van der Waals surface area contributed by atoms with E-state index in [-0.39, 0.29) is 29.7 Å². The number of carbonyl (C=O) groups excluding carboxylic acids is 2. The summed E-state index contributed by atoms with van der Waals surface area (Å²) >= 11 is 5.85. The van der Waals surface area contributed by atoms with Crippen molar-refractivity contribution < 1.29 is 22.8 Å². The molecule has 2 aromatic rings. The first-order chi connectivity index (χ1) is 12.2. The number of carbonyl (C=O) groups is 2. The van der Waals surface area contributed by atoms with Gasteiger partial charge < -0.3 is 10.2 Å². The fourth-order valence-electron chi connectivity index (χ4n) is 2.15. The Kier molecular flexibility index (Phi) is 6.20. The molecule has 0 unspecified atom stereocenters. The number of aromatic nitrogens is 1. The zero-order valence-corrected chi connectivity index (χ0v) is 14.4. The van der Waals surface area contributed by atoms with Crippen molar-refractivity contribution in [3.05, 3.63) is 58.9 Å². The van der Waals surface area contributed by atoms with Gasteiger partial charge in [-0.2, -0.15) is 13.2 Å². The van der Waals surface area contributed by atoms with E-state index >= 15 is 0 Å². The number of anilines is 1. The summed E-state index contributed by atoms with van der Waals surface area (Å²) in [7, 11) is 0. The zero-order chi connectivity index (χ0) is 19.3. The van der Waals surface area contributed by atoms with E-state index < -0.39 is 17.6 Å². The maximum atomic E-state index is 12.8. The van der Waals surface area contributed by atoms with E-state index in [0.29, 0.717) is 5.56 Å². The van der Waals surface area contributed by atoms with Crippen molar-refractivity contribution in [1.29, 1.82) is 0 Å². The molecule has 1 aromatic heterocycles. The highest BCUT2D eigenvalue weighted by Crippen LogP contribution is 2.33. The number of nitrogens with zero attached hydrogens (tertiary/aromatic N) is 2. The van der Waals surface area contributed by atoms with Crippen LogP contribution in [0.1, 0.15) is 18.1 Å². The molecule has 1 aromatic carbocycles. The molecular formula is C17H15ClF3N3O2. The van der Waals surface area contributed by atoms with Crippen LogP contribution in [0.3, 0.4) is 0 Å². The predicted molar refractivity (Wildman–Crippen MR) is 90.4 cm³/mol. The van der Waals surface area contributed by atoms with Crippen molar-refractivity contribution in [2.75, 3.05) is 11.9 Å². The minimum Gasteiger partial charge on any atom is -0.329 e. The van der Waals surface area contributed by atoms with Gasteiger partial charge in [0.2, 0.25) is 11.8 Å². The normalized spacial score (nSPS) is 11.1. The average Bonchev–Trinajstić information content (AvgIpc) is 2.56. The number of pyridine rings is 1. The van der Waals surface area contributed by atoms with Gasteiger partial charge in [0.05, 0.1) is 16.3 Å². The average molecular weight is 386 g/mol. The van der Waals surface area contributed by atoms with Crippen LogP contribution in [-0.2, 0) is 22.3 Å². The van der Waals surface area contributed by atoms with Crippen LogP contribution in [0.2, 0.25) is 5.02 Å². The Bertz CT molecular complexity index is 798. The molecule has 0 aliphatic rings. The number of hydrogen-bond acceptors (Lipinski definition) is 3. The van der Waals surface area contributed by atoms with E-state index in [1.807, 2.05) is 0 Å². The highest BCUT2D eigenvalue weighted by atomic mass is 35.5. The van der Waals surface area contributed by atoms with Gasteiger partial charge in [0, 0.05) is 25.9 Å². The molecular weight excluding hydrogens is 371 g/mol. The quantitative estimate of drug-likeness (QED) is 0.852. The third-order valence-corrected chi connectivity index (χ3v) is 3.77. The van der Waals surface area contributed by atoms with Crippen molar-refractivity contribution >= 4 is 29.1 Å². The Morgan fingerprint density at radius 3 is 2.58 bits per heavy atom. The number of hydrogen-bond donors (Lipinski definition) is 1. The monoisotopic (exact) mass is 385 g/mol. The molecule has 2 rings (SSSR count). The van der Waals surface area contributed by atoms with Crippen LogP contribution in [0.4, 0.5) is 18.9 Å². The third-order valence-electron chi connectivity index (χ3n) is 3.44. The molecule has 9 heteroatoms. The van der Waals surface area contributed by atoms with E-state index in [9.17, 15) is 22.8 Å². The third kappa shape index (κ3) is 5.45. The first kappa shape index (κ1) is 19.7. The van der Waals surface area contributed by atoms with Gasteiger partial charge in [-0.1, -0.05) is 17.7 Å². The zero-order valence-electron chi connectivity index (χ0n) is 13.7. The molecule has 0 aliphatic carbocycles. The van der Waals surface area contributed by atoms with Crippen molar-refractivity contribution in [3.8, 4) is 0 Å². The number of alkyl halides is 3. The molecule has 0 spiro atoms. The van der Waals surface area contributed by atoms with Crippen molar-refractivity contribution in [2.45, 2.75) is 19.6 Å². The number of benzene rings is 1. The molecule has 5 nitrogen and oxygen atoms in total. The SMILES string of the molecule is CC(=O)N(CC(=O)Nc1cc(C(F)(F)F)ccc1Cl)Cc1cccnc1. The lowest BCUT2D eigenvalue weighted by Crippen LogP contribution is -2.36. The lowest BCUT2D eigenvalue weighted by molar-refractivity contribution is -0.137. The van der Waals surface area contributed by atoms with Crippen LogP contribution in [0, 0.1) is 0 Å². The van der Waals surface area contributed by atoms with Gasteiger partial charge in [-0.3, -0.25) is 14.6 Å². The smallest absolute Gasteiger partial charge is 0.329 e. The van der Waals surface area contributed by atoms with Crippen LogP contribution in [0.15, 0.2) is 42.7 Å². The number of nitrogens with one attached hydrogen (secondary N) is 1. The van der Waals surface area contributed by atoms with Crippen LogP contribution in [0.25, 0.3) is 0 Å². The second-order valence-electron chi connectivity index (χ2n) is 5.48. The largest absolute Gasteiger partial charge is 0.416 e. The summed E-state index contributed by atoms with van der Waals surface area (Å²) in [5.74, 6) is -1.02. The first-order valence-corrected chi connectivity index (χ1v) is 7.85. The number of halogens is 4. The molecule has 138 valence electrons. The Labute approximate surface area is 152 Å². The molecule has 0 fully saturated rings. The summed E-state index contributed by atoms with van der Waals surface area (Å²) in [6, 6.07) is 6.06. The molecule has 0 aliphatic heterocycles.